The molecule has 1 aromatic rings. The Labute approximate surface area is 120 Å². The molecule has 1 heterocycles. The molecule has 1 fully saturated rings. The van der Waals surface area contributed by atoms with Crippen LogP contribution < -0.4 is 5.32 Å². The van der Waals surface area contributed by atoms with Crippen LogP contribution in [0.25, 0.3) is 0 Å². The van der Waals surface area contributed by atoms with Gasteiger partial charge in [-0.1, -0.05) is 19.1 Å². The maximum Gasteiger partial charge on any atom is 0.272 e. The maximum absolute atomic E-state index is 10.9. The summed E-state index contributed by atoms with van der Waals surface area (Å²) in [7, 11) is 0. The van der Waals surface area contributed by atoms with Gasteiger partial charge in [0.15, 0.2) is 0 Å². The van der Waals surface area contributed by atoms with Gasteiger partial charge in [0.05, 0.1) is 4.92 Å². The number of likely N-dealkylation sites (tertiary alicyclic amines) is 1. The second-order valence-electron chi connectivity index (χ2n) is 5.37. The molecule has 1 aliphatic rings. The molecular weight excluding hydrogens is 254 g/mol. The summed E-state index contributed by atoms with van der Waals surface area (Å²) >= 11 is 0. The Morgan fingerprint density at radius 1 is 1.50 bits per heavy atom. The van der Waals surface area contributed by atoms with Crippen molar-refractivity contribution in [2.75, 3.05) is 19.6 Å². The van der Waals surface area contributed by atoms with Gasteiger partial charge >= 0.3 is 0 Å². The van der Waals surface area contributed by atoms with Gasteiger partial charge in [0.2, 0.25) is 0 Å². The topological polar surface area (TPSA) is 58.4 Å². The van der Waals surface area contributed by atoms with Crippen LogP contribution in [-0.4, -0.2) is 35.5 Å². The average Bonchev–Trinajstić information content (AvgIpc) is 2.88. The van der Waals surface area contributed by atoms with Crippen LogP contribution in [0.15, 0.2) is 18.2 Å². The molecule has 0 spiro atoms. The highest BCUT2D eigenvalue weighted by Gasteiger charge is 2.22. The van der Waals surface area contributed by atoms with Crippen molar-refractivity contribution in [3.8, 4) is 0 Å². The van der Waals surface area contributed by atoms with Crippen LogP contribution in [0.1, 0.15) is 30.9 Å². The maximum atomic E-state index is 10.9. The third-order valence-electron chi connectivity index (χ3n) is 4.21. The van der Waals surface area contributed by atoms with Crippen molar-refractivity contribution in [3.63, 3.8) is 0 Å². The minimum Gasteiger partial charge on any atom is -0.311 e. The molecule has 1 aliphatic heterocycles. The van der Waals surface area contributed by atoms with E-state index in [1.807, 2.05) is 13.0 Å². The van der Waals surface area contributed by atoms with Gasteiger partial charge in [-0.25, -0.2) is 0 Å². The zero-order chi connectivity index (χ0) is 14.5. The quantitative estimate of drug-likeness (QED) is 0.641. The molecule has 0 radical (unpaired) electrons. The van der Waals surface area contributed by atoms with Gasteiger partial charge in [-0.15, -0.1) is 0 Å². The minimum absolute atomic E-state index is 0.209. The first-order valence-corrected chi connectivity index (χ1v) is 7.31. The van der Waals surface area contributed by atoms with Gasteiger partial charge in [-0.05, 0) is 38.4 Å². The Balaban J connectivity index is 1.91. The Morgan fingerprint density at radius 2 is 2.30 bits per heavy atom. The SMILES string of the molecule is CCN1CCCC1CNCc1cccc([N+](=O)[O-])c1C. The van der Waals surface area contributed by atoms with Crippen molar-refractivity contribution in [1.29, 1.82) is 0 Å². The minimum atomic E-state index is -0.311. The van der Waals surface area contributed by atoms with E-state index in [-0.39, 0.29) is 10.6 Å². The highest BCUT2D eigenvalue weighted by Crippen LogP contribution is 2.21. The van der Waals surface area contributed by atoms with E-state index < -0.39 is 0 Å². The Morgan fingerprint density at radius 3 is 3.00 bits per heavy atom. The van der Waals surface area contributed by atoms with Gasteiger partial charge in [-0.2, -0.15) is 0 Å². The lowest BCUT2D eigenvalue weighted by Crippen LogP contribution is -2.37. The molecule has 1 N–H and O–H groups in total. The average molecular weight is 277 g/mol. The van der Waals surface area contributed by atoms with Crippen LogP contribution in [0.5, 0.6) is 0 Å². The molecule has 110 valence electrons. The van der Waals surface area contributed by atoms with Crippen molar-refractivity contribution < 1.29 is 4.92 Å². The largest absolute Gasteiger partial charge is 0.311 e. The van der Waals surface area contributed by atoms with Crippen LogP contribution in [0.4, 0.5) is 5.69 Å². The van der Waals surface area contributed by atoms with Gasteiger partial charge in [0, 0.05) is 30.8 Å². The molecule has 0 amide bonds. The van der Waals surface area contributed by atoms with Crippen LogP contribution in [0.3, 0.4) is 0 Å². The summed E-state index contributed by atoms with van der Waals surface area (Å²) in [6, 6.07) is 5.89. The van der Waals surface area contributed by atoms with E-state index in [0.29, 0.717) is 12.6 Å². The van der Waals surface area contributed by atoms with E-state index in [2.05, 4.69) is 17.1 Å². The van der Waals surface area contributed by atoms with Gasteiger partial charge in [-0.3, -0.25) is 15.0 Å². The van der Waals surface area contributed by atoms with Crippen LogP contribution in [0.2, 0.25) is 0 Å². The zero-order valence-electron chi connectivity index (χ0n) is 12.3. The van der Waals surface area contributed by atoms with Crippen LogP contribution >= 0.6 is 0 Å². The number of hydrogen-bond donors (Lipinski definition) is 1. The van der Waals surface area contributed by atoms with Crippen molar-refractivity contribution in [2.45, 2.75) is 39.3 Å². The van der Waals surface area contributed by atoms with Crippen molar-refractivity contribution in [1.82, 2.24) is 10.2 Å². The van der Waals surface area contributed by atoms with Crippen molar-refractivity contribution in [2.24, 2.45) is 0 Å². The lowest BCUT2D eigenvalue weighted by atomic mass is 10.1. The molecule has 5 heteroatoms. The molecule has 1 aromatic carbocycles. The predicted octanol–water partition coefficient (Wildman–Crippen LogP) is 2.48. The third-order valence-corrected chi connectivity index (χ3v) is 4.21. The van der Waals surface area contributed by atoms with Gasteiger partial charge < -0.3 is 5.32 Å². The number of nitrogens with one attached hydrogen (secondary N) is 1. The molecule has 1 atom stereocenters. The number of nitro groups is 1. The Hall–Kier alpha value is -1.46. The summed E-state index contributed by atoms with van der Waals surface area (Å²) < 4.78 is 0. The highest BCUT2D eigenvalue weighted by molar-refractivity contribution is 5.44. The number of nitro benzene ring substituents is 1. The van der Waals surface area contributed by atoms with Gasteiger partial charge in [0.25, 0.3) is 5.69 Å². The number of nitrogens with zero attached hydrogens (tertiary/aromatic N) is 2. The molecule has 0 aliphatic carbocycles. The first-order chi connectivity index (χ1) is 9.63. The molecule has 0 aromatic heterocycles. The molecule has 5 nitrogen and oxygen atoms in total. The van der Waals surface area contributed by atoms with E-state index in [1.165, 1.54) is 19.4 Å². The summed E-state index contributed by atoms with van der Waals surface area (Å²) in [6.45, 7) is 7.96. The second kappa shape index (κ2) is 6.81. The summed E-state index contributed by atoms with van der Waals surface area (Å²) in [5.41, 5.74) is 1.99. The lowest BCUT2D eigenvalue weighted by molar-refractivity contribution is -0.385. The van der Waals surface area contributed by atoms with Crippen molar-refractivity contribution >= 4 is 5.69 Å². The fraction of sp³-hybridized carbons (Fsp3) is 0.600. The lowest BCUT2D eigenvalue weighted by Gasteiger charge is -2.23. The normalized spacial score (nSPS) is 19.4. The van der Waals surface area contributed by atoms with Gasteiger partial charge in [0.1, 0.15) is 0 Å². The second-order valence-corrected chi connectivity index (χ2v) is 5.37. The summed E-state index contributed by atoms with van der Waals surface area (Å²) in [5, 5.41) is 14.4. The number of benzene rings is 1. The Bertz CT molecular complexity index is 476. The molecular formula is C15H23N3O2. The summed E-state index contributed by atoms with van der Waals surface area (Å²) in [4.78, 5) is 13.1. The van der Waals surface area contributed by atoms with E-state index in [4.69, 9.17) is 0 Å². The molecule has 1 saturated heterocycles. The standard InChI is InChI=1S/C15H23N3O2/c1-3-17-9-5-7-14(17)11-16-10-13-6-4-8-15(12(13)2)18(19)20/h4,6,8,14,16H,3,5,7,9-11H2,1-2H3. The van der Waals surface area contributed by atoms with Crippen LogP contribution in [-0.2, 0) is 6.54 Å². The number of hydrogen-bond acceptors (Lipinski definition) is 4. The first-order valence-electron chi connectivity index (χ1n) is 7.31. The van der Waals surface area contributed by atoms with E-state index >= 15 is 0 Å². The monoisotopic (exact) mass is 277 g/mol. The molecule has 0 saturated carbocycles. The Kier molecular flexibility index (Phi) is 5.09. The van der Waals surface area contributed by atoms with E-state index in [1.54, 1.807) is 12.1 Å². The molecule has 2 rings (SSSR count). The van der Waals surface area contributed by atoms with Crippen molar-refractivity contribution in [3.05, 3.63) is 39.4 Å². The zero-order valence-corrected chi connectivity index (χ0v) is 12.3. The predicted molar refractivity (Wildman–Crippen MR) is 79.8 cm³/mol. The highest BCUT2D eigenvalue weighted by atomic mass is 16.6. The van der Waals surface area contributed by atoms with Crippen LogP contribution in [0, 0.1) is 17.0 Å². The van der Waals surface area contributed by atoms with E-state index in [9.17, 15) is 10.1 Å². The van der Waals surface area contributed by atoms with E-state index in [0.717, 1.165) is 24.2 Å². The fourth-order valence-electron chi connectivity index (χ4n) is 2.98. The smallest absolute Gasteiger partial charge is 0.272 e. The summed E-state index contributed by atoms with van der Waals surface area (Å²) in [5.74, 6) is 0. The molecule has 0 bridgehead atoms. The molecule has 1 unspecified atom stereocenters. The third kappa shape index (κ3) is 3.35. The molecule has 20 heavy (non-hydrogen) atoms. The first kappa shape index (κ1) is 14.9. The number of rotatable bonds is 6. The summed E-state index contributed by atoms with van der Waals surface area (Å²) in [6.07, 6.45) is 2.52. The fourth-order valence-corrected chi connectivity index (χ4v) is 2.98. The number of likely N-dealkylation sites (N-methyl/N-ethyl adjacent to an activating group) is 1.